The van der Waals surface area contributed by atoms with Crippen molar-refractivity contribution >= 4 is 17.2 Å². The molecule has 19 heavy (non-hydrogen) atoms. The number of nitrogens with zero attached hydrogens (tertiary/aromatic N) is 1. The third-order valence-corrected chi connectivity index (χ3v) is 3.49. The Labute approximate surface area is 118 Å². The predicted molar refractivity (Wildman–Crippen MR) is 77.6 cm³/mol. The molecule has 1 aliphatic heterocycles. The first kappa shape index (κ1) is 14.4. The Balaban J connectivity index is 2.14. The first-order valence-corrected chi connectivity index (χ1v) is 6.90. The number of rotatable bonds is 3. The van der Waals surface area contributed by atoms with Crippen LogP contribution in [0.15, 0.2) is 18.2 Å². The minimum atomic E-state index is -0.298. The summed E-state index contributed by atoms with van der Waals surface area (Å²) in [6.07, 6.45) is 1.16. The number of benzene rings is 1. The second-order valence-corrected chi connectivity index (χ2v) is 5.35. The average Bonchev–Trinajstić information content (AvgIpc) is 2.56. The van der Waals surface area contributed by atoms with Crippen LogP contribution in [0.5, 0.6) is 0 Å². The van der Waals surface area contributed by atoms with Crippen LogP contribution < -0.4 is 5.73 Å². The molecule has 0 bridgehead atoms. The highest BCUT2D eigenvalue weighted by Crippen LogP contribution is 2.17. The van der Waals surface area contributed by atoms with Gasteiger partial charge in [0.15, 0.2) is 0 Å². The molecule has 0 spiro atoms. The molecular formula is C14H19FN2OS. The van der Waals surface area contributed by atoms with Gasteiger partial charge in [0.05, 0.1) is 6.10 Å². The van der Waals surface area contributed by atoms with Crippen LogP contribution >= 0.6 is 12.2 Å². The second kappa shape index (κ2) is 6.41. The van der Waals surface area contributed by atoms with Crippen molar-refractivity contribution in [2.24, 2.45) is 5.73 Å². The summed E-state index contributed by atoms with van der Waals surface area (Å²) in [6.45, 7) is 5.11. The summed E-state index contributed by atoms with van der Waals surface area (Å²) in [5.41, 5.74) is 6.49. The Kier molecular flexibility index (Phi) is 4.85. The summed E-state index contributed by atoms with van der Waals surface area (Å²) in [7, 11) is 0. The van der Waals surface area contributed by atoms with Crippen molar-refractivity contribution < 1.29 is 9.13 Å². The maximum Gasteiger partial charge on any atom is 0.137 e. The molecule has 0 aromatic heterocycles. The van der Waals surface area contributed by atoms with Gasteiger partial charge < -0.3 is 10.5 Å². The van der Waals surface area contributed by atoms with E-state index in [1.807, 2.05) is 6.92 Å². The van der Waals surface area contributed by atoms with Crippen molar-refractivity contribution in [3.8, 4) is 0 Å². The lowest BCUT2D eigenvalue weighted by atomic mass is 10.1. The highest BCUT2D eigenvalue weighted by atomic mass is 32.1. The van der Waals surface area contributed by atoms with Crippen LogP contribution in [0.25, 0.3) is 0 Å². The predicted octanol–water partition coefficient (Wildman–Crippen LogP) is 2.07. The number of hydrogen-bond donors (Lipinski definition) is 1. The fourth-order valence-corrected chi connectivity index (χ4v) is 2.51. The number of hydrogen-bond acceptors (Lipinski definition) is 3. The van der Waals surface area contributed by atoms with E-state index >= 15 is 0 Å². The van der Waals surface area contributed by atoms with Crippen LogP contribution in [0.3, 0.4) is 0 Å². The maximum absolute atomic E-state index is 14.3. The molecule has 0 amide bonds. The molecule has 2 N–H and O–H groups in total. The maximum atomic E-state index is 14.3. The minimum absolute atomic E-state index is 0.104. The molecule has 1 unspecified atom stereocenters. The zero-order valence-electron chi connectivity index (χ0n) is 11.1. The zero-order valence-corrected chi connectivity index (χ0v) is 11.9. The fraction of sp³-hybridized carbons (Fsp3) is 0.500. The van der Waals surface area contributed by atoms with E-state index in [0.717, 1.165) is 26.1 Å². The third-order valence-electron chi connectivity index (χ3n) is 3.27. The molecule has 1 aromatic carbocycles. The standard InChI is InChI=1S/C14H19FN2OS/c1-10-8-17(6-3-7-18-10)9-11-4-2-5-12(13(11)15)14(16)19/h2,4-5,10H,3,6-9H2,1H3,(H2,16,19). The Hall–Kier alpha value is -1.04. The van der Waals surface area contributed by atoms with Gasteiger partial charge in [-0.25, -0.2) is 4.39 Å². The molecule has 1 heterocycles. The molecule has 2 rings (SSSR count). The number of ether oxygens (including phenoxy) is 1. The molecule has 3 nitrogen and oxygen atoms in total. The molecule has 1 aromatic rings. The van der Waals surface area contributed by atoms with Gasteiger partial charge in [-0.15, -0.1) is 0 Å². The lowest BCUT2D eigenvalue weighted by Crippen LogP contribution is -2.30. The first-order valence-electron chi connectivity index (χ1n) is 6.49. The van der Waals surface area contributed by atoms with Crippen LogP contribution in [0.1, 0.15) is 24.5 Å². The second-order valence-electron chi connectivity index (χ2n) is 4.91. The van der Waals surface area contributed by atoms with Gasteiger partial charge in [-0.05, 0) is 19.4 Å². The largest absolute Gasteiger partial charge is 0.389 e. The van der Waals surface area contributed by atoms with Crippen LogP contribution in [-0.2, 0) is 11.3 Å². The molecule has 0 saturated carbocycles. The molecule has 0 aliphatic carbocycles. The summed E-state index contributed by atoms with van der Waals surface area (Å²) in [5, 5.41) is 0. The summed E-state index contributed by atoms with van der Waals surface area (Å²) in [4.78, 5) is 2.31. The number of nitrogens with two attached hydrogens (primary N) is 1. The fourth-order valence-electron chi connectivity index (χ4n) is 2.36. The van der Waals surface area contributed by atoms with Gasteiger partial charge in [0, 0.05) is 37.4 Å². The van der Waals surface area contributed by atoms with Gasteiger partial charge in [-0.1, -0.05) is 24.4 Å². The molecular weight excluding hydrogens is 263 g/mol. The van der Waals surface area contributed by atoms with Gasteiger partial charge >= 0.3 is 0 Å². The lowest BCUT2D eigenvalue weighted by Gasteiger charge is -2.22. The van der Waals surface area contributed by atoms with Gasteiger partial charge in [0.1, 0.15) is 10.8 Å². The summed E-state index contributed by atoms with van der Waals surface area (Å²) < 4.78 is 19.8. The van der Waals surface area contributed by atoms with Crippen LogP contribution in [-0.4, -0.2) is 35.7 Å². The van der Waals surface area contributed by atoms with Gasteiger partial charge in [0.25, 0.3) is 0 Å². The quantitative estimate of drug-likeness (QED) is 0.861. The normalized spacial score (nSPS) is 21.1. The van der Waals surface area contributed by atoms with Gasteiger partial charge in [-0.3, -0.25) is 4.90 Å². The van der Waals surface area contributed by atoms with E-state index in [1.54, 1.807) is 18.2 Å². The minimum Gasteiger partial charge on any atom is -0.389 e. The summed E-state index contributed by atoms with van der Waals surface area (Å²) in [5.74, 6) is -0.298. The number of thiocarbonyl (C=S) groups is 1. The Morgan fingerprint density at radius 3 is 3.11 bits per heavy atom. The summed E-state index contributed by atoms with van der Waals surface area (Å²) in [6, 6.07) is 5.20. The topological polar surface area (TPSA) is 38.5 Å². The van der Waals surface area contributed by atoms with Gasteiger partial charge in [0.2, 0.25) is 0 Å². The zero-order chi connectivity index (χ0) is 13.8. The molecule has 1 aliphatic rings. The smallest absolute Gasteiger partial charge is 0.137 e. The average molecular weight is 282 g/mol. The number of halogens is 1. The molecule has 104 valence electrons. The Morgan fingerprint density at radius 1 is 1.58 bits per heavy atom. The van der Waals surface area contributed by atoms with Crippen LogP contribution in [0, 0.1) is 5.82 Å². The molecule has 1 atom stereocenters. The molecule has 1 saturated heterocycles. The SMILES string of the molecule is CC1CN(Cc2cccc(C(N)=S)c2F)CCCO1. The van der Waals surface area contributed by atoms with Gasteiger partial charge in [-0.2, -0.15) is 0 Å². The first-order chi connectivity index (χ1) is 9.08. The Bertz CT molecular complexity index is 467. The van der Waals surface area contributed by atoms with E-state index in [4.69, 9.17) is 22.7 Å². The van der Waals surface area contributed by atoms with E-state index in [1.165, 1.54) is 0 Å². The van der Waals surface area contributed by atoms with Crippen molar-refractivity contribution in [1.82, 2.24) is 4.90 Å². The van der Waals surface area contributed by atoms with E-state index in [0.29, 0.717) is 17.7 Å². The third kappa shape index (κ3) is 3.72. The van der Waals surface area contributed by atoms with Crippen molar-refractivity contribution in [3.63, 3.8) is 0 Å². The monoisotopic (exact) mass is 282 g/mol. The van der Waals surface area contributed by atoms with E-state index in [-0.39, 0.29) is 16.9 Å². The van der Waals surface area contributed by atoms with E-state index in [2.05, 4.69) is 4.90 Å². The van der Waals surface area contributed by atoms with E-state index < -0.39 is 0 Å². The highest BCUT2D eigenvalue weighted by Gasteiger charge is 2.17. The molecule has 1 fully saturated rings. The van der Waals surface area contributed by atoms with Crippen molar-refractivity contribution in [2.75, 3.05) is 19.7 Å². The van der Waals surface area contributed by atoms with Crippen LogP contribution in [0.2, 0.25) is 0 Å². The highest BCUT2D eigenvalue weighted by molar-refractivity contribution is 7.80. The Morgan fingerprint density at radius 2 is 2.37 bits per heavy atom. The summed E-state index contributed by atoms with van der Waals surface area (Å²) >= 11 is 4.86. The van der Waals surface area contributed by atoms with Crippen molar-refractivity contribution in [1.29, 1.82) is 0 Å². The lowest BCUT2D eigenvalue weighted by molar-refractivity contribution is 0.0666. The molecule has 5 heteroatoms. The van der Waals surface area contributed by atoms with E-state index in [9.17, 15) is 4.39 Å². The van der Waals surface area contributed by atoms with Crippen molar-refractivity contribution in [2.45, 2.75) is 26.0 Å². The molecule has 0 radical (unpaired) electrons. The van der Waals surface area contributed by atoms with Crippen molar-refractivity contribution in [3.05, 3.63) is 35.1 Å². The van der Waals surface area contributed by atoms with Crippen LogP contribution in [0.4, 0.5) is 4.39 Å².